The van der Waals surface area contributed by atoms with Crippen LogP contribution in [0.15, 0.2) is 65.2 Å². The Hall–Kier alpha value is -3.76. The van der Waals surface area contributed by atoms with E-state index in [0.29, 0.717) is 22.4 Å². The maximum absolute atomic E-state index is 13.5. The molecule has 4 heterocycles. The third kappa shape index (κ3) is 4.02. The van der Waals surface area contributed by atoms with Crippen LogP contribution in [0.2, 0.25) is 5.15 Å². The van der Waals surface area contributed by atoms with Gasteiger partial charge in [0.2, 0.25) is 5.89 Å². The highest BCUT2D eigenvalue weighted by Crippen LogP contribution is 2.39. The lowest BCUT2D eigenvalue weighted by Crippen LogP contribution is -2.34. The van der Waals surface area contributed by atoms with Crippen LogP contribution in [0.4, 0.5) is 8.78 Å². The molecule has 1 aromatic carbocycles. The first kappa shape index (κ1) is 22.1. The number of carbonyl (C=O) groups excluding carboxylic acids is 1. The molecule has 34 heavy (non-hydrogen) atoms. The van der Waals surface area contributed by atoms with Gasteiger partial charge in [0.05, 0.1) is 11.4 Å². The van der Waals surface area contributed by atoms with E-state index in [1.165, 1.54) is 11.0 Å². The van der Waals surface area contributed by atoms with Gasteiger partial charge in [-0.2, -0.15) is 8.78 Å². The third-order valence-electron chi connectivity index (χ3n) is 5.48. The summed E-state index contributed by atoms with van der Waals surface area (Å²) in [6.07, 6.45) is -2.54. The fourth-order valence-electron chi connectivity index (χ4n) is 3.91. The quantitative estimate of drug-likeness (QED) is 0.401. The lowest BCUT2D eigenvalue weighted by molar-refractivity contribution is 0.0332. The Labute approximate surface area is 196 Å². The van der Waals surface area contributed by atoms with Crippen molar-refractivity contribution in [1.29, 1.82) is 0 Å². The molecule has 1 N–H and O–H groups in total. The van der Waals surface area contributed by atoms with Crippen LogP contribution in [-0.4, -0.2) is 36.1 Å². The summed E-state index contributed by atoms with van der Waals surface area (Å²) in [5.74, 6) is -1.29. The molecule has 172 valence electrons. The molecular weight excluding hydrogens is 468 g/mol. The summed E-state index contributed by atoms with van der Waals surface area (Å²) in [7, 11) is 0. The average Bonchev–Trinajstić information content (AvgIpc) is 3.46. The van der Waals surface area contributed by atoms with E-state index in [4.69, 9.17) is 16.0 Å². The van der Waals surface area contributed by atoms with E-state index >= 15 is 0 Å². The fraction of sp³-hybridized carbons (Fsp3) is 0.174. The van der Waals surface area contributed by atoms with Crippen LogP contribution in [0.25, 0.3) is 11.5 Å². The lowest BCUT2D eigenvalue weighted by Gasteiger charge is -2.31. The van der Waals surface area contributed by atoms with Crippen molar-refractivity contribution in [2.45, 2.75) is 25.1 Å². The van der Waals surface area contributed by atoms with Crippen LogP contribution in [0.3, 0.4) is 0 Å². The van der Waals surface area contributed by atoms with Gasteiger partial charge in [-0.05, 0) is 42.0 Å². The van der Waals surface area contributed by atoms with Crippen molar-refractivity contribution in [2.24, 2.45) is 0 Å². The Morgan fingerprint density at radius 1 is 1.06 bits per heavy atom. The fourth-order valence-corrected chi connectivity index (χ4v) is 4.08. The van der Waals surface area contributed by atoms with Crippen molar-refractivity contribution in [2.75, 3.05) is 0 Å². The van der Waals surface area contributed by atoms with Gasteiger partial charge in [-0.1, -0.05) is 29.8 Å². The minimum absolute atomic E-state index is 0.117. The Balaban J connectivity index is 1.51. The van der Waals surface area contributed by atoms with E-state index in [9.17, 15) is 18.7 Å². The Morgan fingerprint density at radius 2 is 1.88 bits per heavy atom. The first-order chi connectivity index (χ1) is 16.4. The van der Waals surface area contributed by atoms with Gasteiger partial charge in [-0.25, -0.2) is 4.98 Å². The molecule has 8 nitrogen and oxygen atoms in total. The first-order valence-corrected chi connectivity index (χ1v) is 10.6. The van der Waals surface area contributed by atoms with Crippen LogP contribution in [0.1, 0.15) is 51.8 Å². The molecule has 0 aliphatic carbocycles. The summed E-state index contributed by atoms with van der Waals surface area (Å²) in [6, 6.07) is 14.0. The molecule has 0 radical (unpaired) electrons. The zero-order valence-corrected chi connectivity index (χ0v) is 18.1. The van der Waals surface area contributed by atoms with Crippen LogP contribution in [-0.2, 0) is 6.54 Å². The third-order valence-corrected chi connectivity index (χ3v) is 5.69. The molecule has 0 spiro atoms. The van der Waals surface area contributed by atoms with Crippen LogP contribution in [0, 0.1) is 0 Å². The zero-order chi connectivity index (χ0) is 23.8. The SMILES string of the molecule is O=C1c2cc(-c3nnc(C(F)F)o3)ccc2CN1[C@H](c1ccccn1)[C@@H](O)c1cccc(Cl)n1. The molecule has 0 unspecified atom stereocenters. The number of nitrogens with zero attached hydrogens (tertiary/aromatic N) is 5. The molecule has 3 aromatic heterocycles. The van der Waals surface area contributed by atoms with Crippen molar-refractivity contribution in [3.63, 3.8) is 0 Å². The summed E-state index contributed by atoms with van der Waals surface area (Å²) in [5, 5.41) is 18.4. The molecule has 0 bridgehead atoms. The normalized spacial score (nSPS) is 15.0. The molecule has 4 aromatic rings. The number of pyridine rings is 2. The van der Waals surface area contributed by atoms with Gasteiger partial charge in [0, 0.05) is 23.9 Å². The number of hydrogen-bond acceptors (Lipinski definition) is 7. The number of halogens is 3. The van der Waals surface area contributed by atoms with E-state index in [0.717, 1.165) is 0 Å². The summed E-state index contributed by atoms with van der Waals surface area (Å²) >= 11 is 6.01. The highest BCUT2D eigenvalue weighted by molar-refractivity contribution is 6.29. The second-order valence-electron chi connectivity index (χ2n) is 7.58. The summed E-state index contributed by atoms with van der Waals surface area (Å²) in [4.78, 5) is 23.5. The number of aromatic nitrogens is 4. The van der Waals surface area contributed by atoms with Gasteiger partial charge in [0.15, 0.2) is 0 Å². The van der Waals surface area contributed by atoms with Crippen LogP contribution < -0.4 is 0 Å². The second-order valence-corrected chi connectivity index (χ2v) is 7.97. The minimum Gasteiger partial charge on any atom is -0.415 e. The number of amides is 1. The van der Waals surface area contributed by atoms with Gasteiger partial charge in [-0.15, -0.1) is 10.2 Å². The molecule has 11 heteroatoms. The molecule has 5 rings (SSSR count). The number of aliphatic hydroxyl groups excluding tert-OH is 1. The maximum Gasteiger partial charge on any atom is 0.314 e. The van der Waals surface area contributed by atoms with E-state index < -0.39 is 24.5 Å². The van der Waals surface area contributed by atoms with Crippen LogP contribution in [0.5, 0.6) is 0 Å². The maximum atomic E-state index is 13.5. The van der Waals surface area contributed by atoms with E-state index in [1.54, 1.807) is 54.7 Å². The van der Waals surface area contributed by atoms with Gasteiger partial charge < -0.3 is 14.4 Å². The van der Waals surface area contributed by atoms with Crippen molar-refractivity contribution in [1.82, 2.24) is 25.1 Å². The van der Waals surface area contributed by atoms with Crippen molar-refractivity contribution >= 4 is 17.5 Å². The monoisotopic (exact) mass is 483 g/mol. The molecular formula is C23H16ClF2N5O3. The molecule has 2 atom stereocenters. The van der Waals surface area contributed by atoms with Crippen LogP contribution >= 0.6 is 11.6 Å². The molecule has 0 saturated carbocycles. The molecule has 1 aliphatic rings. The highest BCUT2D eigenvalue weighted by atomic mass is 35.5. The number of alkyl halides is 2. The number of rotatable bonds is 6. The highest BCUT2D eigenvalue weighted by Gasteiger charge is 2.39. The number of fused-ring (bicyclic) bond motifs is 1. The largest absolute Gasteiger partial charge is 0.415 e. The van der Waals surface area contributed by atoms with Gasteiger partial charge >= 0.3 is 6.43 Å². The topological polar surface area (TPSA) is 105 Å². The Morgan fingerprint density at radius 3 is 2.59 bits per heavy atom. The standard InChI is InChI=1S/C23H16ClF2N5O3/c24-17-6-3-5-16(28-17)19(32)18(15-4-1-2-9-27-15)31-11-13-8-7-12(10-14(13)23(31)33)21-29-30-22(34-21)20(25)26/h1-10,18-20,32H,11H2/t18-,19+/m1/s1. The lowest BCUT2D eigenvalue weighted by atomic mass is 10.0. The summed E-state index contributed by atoms with van der Waals surface area (Å²) in [6.45, 7) is 0.194. The molecule has 0 fully saturated rings. The smallest absolute Gasteiger partial charge is 0.314 e. The van der Waals surface area contributed by atoms with E-state index in [2.05, 4.69) is 20.2 Å². The van der Waals surface area contributed by atoms with Gasteiger partial charge in [-0.3, -0.25) is 9.78 Å². The Kier molecular flexibility index (Phi) is 5.76. The van der Waals surface area contributed by atoms with Crippen molar-refractivity contribution in [3.8, 4) is 11.5 Å². The second kappa shape index (κ2) is 8.88. The van der Waals surface area contributed by atoms with Gasteiger partial charge in [0.1, 0.15) is 17.3 Å². The summed E-state index contributed by atoms with van der Waals surface area (Å²) < 4.78 is 30.6. The summed E-state index contributed by atoms with van der Waals surface area (Å²) in [5.41, 5.74) is 2.12. The predicted molar refractivity (Wildman–Crippen MR) is 116 cm³/mol. The Bertz CT molecular complexity index is 1350. The van der Waals surface area contributed by atoms with E-state index in [1.807, 2.05) is 0 Å². The zero-order valence-electron chi connectivity index (χ0n) is 17.3. The van der Waals surface area contributed by atoms with Gasteiger partial charge in [0.25, 0.3) is 11.8 Å². The number of aliphatic hydroxyl groups is 1. The first-order valence-electron chi connectivity index (χ1n) is 10.2. The molecule has 1 aliphatic heterocycles. The number of benzene rings is 1. The molecule has 1 amide bonds. The number of carbonyl (C=O) groups is 1. The predicted octanol–water partition coefficient (Wildman–Crippen LogP) is 4.55. The number of hydrogen-bond donors (Lipinski definition) is 1. The minimum atomic E-state index is -2.89. The van der Waals surface area contributed by atoms with Crippen molar-refractivity contribution in [3.05, 3.63) is 94.4 Å². The van der Waals surface area contributed by atoms with Crippen molar-refractivity contribution < 1.29 is 23.1 Å². The average molecular weight is 484 g/mol. The molecule has 0 saturated heterocycles. The van der Waals surface area contributed by atoms with E-state index in [-0.39, 0.29) is 29.2 Å².